The molecule has 92 valence electrons. The summed E-state index contributed by atoms with van der Waals surface area (Å²) >= 11 is 0. The lowest BCUT2D eigenvalue weighted by Gasteiger charge is -2.02. The SMILES string of the molecule is CC(=CCS(=O)(=O)c1ccc(C)cc1)C(N)=O. The van der Waals surface area contributed by atoms with E-state index in [2.05, 4.69) is 0 Å². The molecule has 0 saturated heterocycles. The molecule has 0 saturated carbocycles. The van der Waals surface area contributed by atoms with E-state index >= 15 is 0 Å². The third kappa shape index (κ3) is 3.71. The summed E-state index contributed by atoms with van der Waals surface area (Å²) in [4.78, 5) is 11.0. The number of amides is 1. The molecule has 0 radical (unpaired) electrons. The Bertz CT molecular complexity index is 542. The fraction of sp³-hybridized carbons (Fsp3) is 0.250. The summed E-state index contributed by atoms with van der Waals surface area (Å²) < 4.78 is 23.7. The number of carbonyl (C=O) groups excluding carboxylic acids is 1. The highest BCUT2D eigenvalue weighted by molar-refractivity contribution is 7.91. The number of hydrogen-bond donors (Lipinski definition) is 1. The molecule has 1 aromatic rings. The molecule has 0 bridgehead atoms. The van der Waals surface area contributed by atoms with Crippen LogP contribution in [0.4, 0.5) is 0 Å². The van der Waals surface area contributed by atoms with E-state index in [-0.39, 0.29) is 16.2 Å². The molecule has 0 aliphatic heterocycles. The Morgan fingerprint density at radius 3 is 2.29 bits per heavy atom. The van der Waals surface area contributed by atoms with E-state index in [1.165, 1.54) is 13.0 Å². The van der Waals surface area contributed by atoms with Gasteiger partial charge in [0.25, 0.3) is 0 Å². The number of sulfone groups is 1. The lowest BCUT2D eigenvalue weighted by molar-refractivity contribution is -0.114. The Kier molecular flexibility index (Phi) is 4.07. The van der Waals surface area contributed by atoms with E-state index < -0.39 is 15.7 Å². The van der Waals surface area contributed by atoms with E-state index in [0.717, 1.165) is 5.56 Å². The van der Waals surface area contributed by atoms with Crippen molar-refractivity contribution in [3.05, 3.63) is 41.5 Å². The predicted molar refractivity (Wildman–Crippen MR) is 66.2 cm³/mol. The number of primary amides is 1. The van der Waals surface area contributed by atoms with Crippen LogP contribution in [0.3, 0.4) is 0 Å². The largest absolute Gasteiger partial charge is 0.366 e. The van der Waals surface area contributed by atoms with Gasteiger partial charge < -0.3 is 5.73 Å². The molecule has 0 heterocycles. The third-order valence-electron chi connectivity index (χ3n) is 2.38. The fourth-order valence-electron chi connectivity index (χ4n) is 1.18. The second-order valence-electron chi connectivity index (χ2n) is 3.85. The Morgan fingerprint density at radius 1 is 1.29 bits per heavy atom. The first-order chi connectivity index (χ1) is 7.83. The van der Waals surface area contributed by atoms with Gasteiger partial charge in [0.2, 0.25) is 5.91 Å². The van der Waals surface area contributed by atoms with Gasteiger partial charge in [0.1, 0.15) is 0 Å². The molecule has 0 aliphatic carbocycles. The van der Waals surface area contributed by atoms with Crippen LogP contribution >= 0.6 is 0 Å². The molecule has 0 spiro atoms. The molecule has 0 fully saturated rings. The quantitative estimate of drug-likeness (QED) is 0.819. The highest BCUT2D eigenvalue weighted by Gasteiger charge is 2.12. The maximum absolute atomic E-state index is 11.9. The van der Waals surface area contributed by atoms with E-state index in [0.29, 0.717) is 0 Å². The van der Waals surface area contributed by atoms with Gasteiger partial charge in [0.05, 0.1) is 10.6 Å². The minimum absolute atomic E-state index is 0.217. The highest BCUT2D eigenvalue weighted by atomic mass is 32.2. The summed E-state index contributed by atoms with van der Waals surface area (Å²) in [6.45, 7) is 3.38. The van der Waals surface area contributed by atoms with Gasteiger partial charge in [-0.05, 0) is 26.0 Å². The predicted octanol–water partition coefficient (Wildman–Crippen LogP) is 1.20. The lowest BCUT2D eigenvalue weighted by Crippen LogP contribution is -2.13. The van der Waals surface area contributed by atoms with Crippen LogP contribution in [0.1, 0.15) is 12.5 Å². The molecule has 0 aromatic heterocycles. The minimum atomic E-state index is -3.39. The van der Waals surface area contributed by atoms with Gasteiger partial charge in [-0.15, -0.1) is 0 Å². The molecule has 0 aliphatic rings. The molecule has 1 rings (SSSR count). The third-order valence-corrected chi connectivity index (χ3v) is 3.97. The molecule has 17 heavy (non-hydrogen) atoms. The molecule has 5 heteroatoms. The van der Waals surface area contributed by atoms with Crippen LogP contribution < -0.4 is 5.73 Å². The molecule has 1 amide bonds. The van der Waals surface area contributed by atoms with Crippen LogP contribution in [0.2, 0.25) is 0 Å². The number of rotatable bonds is 4. The Morgan fingerprint density at radius 2 is 1.82 bits per heavy atom. The van der Waals surface area contributed by atoms with Crippen molar-refractivity contribution < 1.29 is 13.2 Å². The highest BCUT2D eigenvalue weighted by Crippen LogP contribution is 2.12. The Labute approximate surface area is 101 Å². The average Bonchev–Trinajstić information content (AvgIpc) is 2.26. The molecular weight excluding hydrogens is 238 g/mol. The van der Waals surface area contributed by atoms with Gasteiger partial charge in [-0.2, -0.15) is 0 Å². The van der Waals surface area contributed by atoms with Gasteiger partial charge in [-0.3, -0.25) is 4.79 Å². The maximum atomic E-state index is 11.9. The second-order valence-corrected chi connectivity index (χ2v) is 5.88. The summed E-state index contributed by atoms with van der Waals surface area (Å²) in [5, 5.41) is 0. The normalized spacial score (nSPS) is 12.5. The zero-order valence-electron chi connectivity index (χ0n) is 9.80. The number of aryl methyl sites for hydroxylation is 1. The van der Waals surface area contributed by atoms with Crippen molar-refractivity contribution in [2.45, 2.75) is 18.7 Å². The molecule has 0 unspecified atom stereocenters. The molecule has 1 aromatic carbocycles. The van der Waals surface area contributed by atoms with Gasteiger partial charge >= 0.3 is 0 Å². The lowest BCUT2D eigenvalue weighted by atomic mass is 10.2. The summed E-state index contributed by atoms with van der Waals surface area (Å²) in [7, 11) is -3.39. The second kappa shape index (κ2) is 5.14. The van der Waals surface area contributed by atoms with E-state index in [9.17, 15) is 13.2 Å². The van der Waals surface area contributed by atoms with Crippen LogP contribution in [-0.2, 0) is 14.6 Å². The van der Waals surface area contributed by atoms with Crippen LogP contribution in [0.25, 0.3) is 0 Å². The van der Waals surface area contributed by atoms with E-state index in [1.807, 2.05) is 6.92 Å². The number of carbonyl (C=O) groups is 1. The first-order valence-corrected chi connectivity index (χ1v) is 6.74. The zero-order valence-corrected chi connectivity index (χ0v) is 10.6. The van der Waals surface area contributed by atoms with Crippen LogP contribution in [0.15, 0.2) is 40.8 Å². The van der Waals surface area contributed by atoms with Crippen molar-refractivity contribution in [2.24, 2.45) is 5.73 Å². The van der Waals surface area contributed by atoms with Gasteiger partial charge in [-0.25, -0.2) is 8.42 Å². The fourth-order valence-corrected chi connectivity index (χ4v) is 2.39. The first-order valence-electron chi connectivity index (χ1n) is 5.09. The zero-order chi connectivity index (χ0) is 13.1. The van der Waals surface area contributed by atoms with Crippen LogP contribution in [-0.4, -0.2) is 20.1 Å². The monoisotopic (exact) mass is 253 g/mol. The Balaban J connectivity index is 2.94. The summed E-state index contributed by atoms with van der Waals surface area (Å²) in [5.74, 6) is -0.825. The summed E-state index contributed by atoms with van der Waals surface area (Å²) in [6, 6.07) is 6.57. The smallest absolute Gasteiger partial charge is 0.244 e. The number of nitrogens with two attached hydrogens (primary N) is 1. The van der Waals surface area contributed by atoms with Gasteiger partial charge in [0, 0.05) is 5.57 Å². The van der Waals surface area contributed by atoms with E-state index in [4.69, 9.17) is 5.73 Å². The van der Waals surface area contributed by atoms with Crippen molar-refractivity contribution in [1.29, 1.82) is 0 Å². The summed E-state index contributed by atoms with van der Waals surface area (Å²) in [6.07, 6.45) is 1.33. The van der Waals surface area contributed by atoms with Crippen LogP contribution in [0.5, 0.6) is 0 Å². The van der Waals surface area contributed by atoms with Gasteiger partial charge in [-0.1, -0.05) is 23.8 Å². The van der Waals surface area contributed by atoms with Crippen molar-refractivity contribution in [3.63, 3.8) is 0 Å². The Hall–Kier alpha value is -1.62. The molecular formula is C12H15NO3S. The molecule has 0 atom stereocenters. The topological polar surface area (TPSA) is 77.2 Å². The van der Waals surface area contributed by atoms with Crippen molar-refractivity contribution in [2.75, 3.05) is 5.75 Å². The average molecular weight is 253 g/mol. The molecule has 4 nitrogen and oxygen atoms in total. The van der Waals surface area contributed by atoms with Crippen LogP contribution in [0, 0.1) is 6.92 Å². The minimum Gasteiger partial charge on any atom is -0.366 e. The number of benzene rings is 1. The van der Waals surface area contributed by atoms with E-state index in [1.54, 1.807) is 24.3 Å². The number of hydrogen-bond acceptors (Lipinski definition) is 3. The maximum Gasteiger partial charge on any atom is 0.244 e. The standard InChI is InChI=1S/C12H15NO3S/c1-9-3-5-11(6-4-9)17(15,16)8-7-10(2)12(13)14/h3-7H,8H2,1-2H3,(H2,13,14). The van der Waals surface area contributed by atoms with Crippen molar-refractivity contribution >= 4 is 15.7 Å². The van der Waals surface area contributed by atoms with Crippen molar-refractivity contribution in [3.8, 4) is 0 Å². The van der Waals surface area contributed by atoms with Gasteiger partial charge in [0.15, 0.2) is 9.84 Å². The summed E-state index contributed by atoms with van der Waals surface area (Å²) in [5.41, 5.74) is 6.27. The molecule has 2 N–H and O–H groups in total. The van der Waals surface area contributed by atoms with Crippen molar-refractivity contribution in [1.82, 2.24) is 0 Å². The first kappa shape index (κ1) is 13.4.